The largest absolute Gasteiger partial charge is 0.487 e. The van der Waals surface area contributed by atoms with E-state index in [-0.39, 0.29) is 0 Å². The van der Waals surface area contributed by atoms with Crippen LogP contribution in [0.5, 0.6) is 5.75 Å². The van der Waals surface area contributed by atoms with Crippen molar-refractivity contribution in [1.29, 1.82) is 0 Å². The molecule has 0 bridgehead atoms. The monoisotopic (exact) mass is 253 g/mol. The molecule has 2 N–H and O–H groups in total. The topological polar surface area (TPSA) is 35.2 Å². The van der Waals surface area contributed by atoms with Crippen LogP contribution in [0.1, 0.15) is 28.7 Å². The smallest absolute Gasteiger partial charge is 0.142 e. The van der Waals surface area contributed by atoms with Gasteiger partial charge < -0.3 is 10.5 Å². The van der Waals surface area contributed by atoms with E-state index in [9.17, 15) is 0 Å². The third-order valence-corrected chi connectivity index (χ3v) is 3.84. The number of benzene rings is 2. The summed E-state index contributed by atoms with van der Waals surface area (Å²) in [4.78, 5) is 0. The van der Waals surface area contributed by atoms with Gasteiger partial charge in [0.1, 0.15) is 12.4 Å². The lowest BCUT2D eigenvalue weighted by atomic mass is 10.1. The van der Waals surface area contributed by atoms with Crippen LogP contribution in [-0.4, -0.2) is 0 Å². The normalized spacial score (nSPS) is 13.3. The standard InChI is InChI=1S/C17H19NO/c1-12-4-2-7-16(17(12)18)19-11-13-8-9-14-5-3-6-15(14)10-13/h2,4,7-10H,3,5-6,11,18H2,1H3. The van der Waals surface area contributed by atoms with E-state index < -0.39 is 0 Å². The van der Waals surface area contributed by atoms with Gasteiger partial charge in [-0.2, -0.15) is 0 Å². The van der Waals surface area contributed by atoms with Crippen molar-refractivity contribution >= 4 is 5.69 Å². The van der Waals surface area contributed by atoms with Gasteiger partial charge in [-0.15, -0.1) is 0 Å². The Kier molecular flexibility index (Phi) is 3.16. The summed E-state index contributed by atoms with van der Waals surface area (Å²) < 4.78 is 5.84. The lowest BCUT2D eigenvalue weighted by molar-refractivity contribution is 0.307. The van der Waals surface area contributed by atoms with Crippen molar-refractivity contribution < 1.29 is 4.74 Å². The van der Waals surface area contributed by atoms with Crippen LogP contribution in [0.3, 0.4) is 0 Å². The highest BCUT2D eigenvalue weighted by Crippen LogP contribution is 2.27. The number of hydrogen-bond donors (Lipinski definition) is 1. The number of nitrogen functional groups attached to an aromatic ring is 1. The van der Waals surface area contributed by atoms with E-state index in [1.54, 1.807) is 0 Å². The maximum absolute atomic E-state index is 6.01. The van der Waals surface area contributed by atoms with Gasteiger partial charge in [0.05, 0.1) is 5.69 Å². The van der Waals surface area contributed by atoms with E-state index in [0.717, 1.165) is 17.0 Å². The molecular weight excluding hydrogens is 234 g/mol. The highest BCUT2D eigenvalue weighted by atomic mass is 16.5. The van der Waals surface area contributed by atoms with Crippen molar-refractivity contribution in [3.63, 3.8) is 0 Å². The summed E-state index contributed by atoms with van der Waals surface area (Å²) in [5.74, 6) is 0.778. The van der Waals surface area contributed by atoms with E-state index >= 15 is 0 Å². The second kappa shape index (κ2) is 4.96. The van der Waals surface area contributed by atoms with Crippen molar-refractivity contribution in [2.75, 3.05) is 5.73 Å². The second-order valence-corrected chi connectivity index (χ2v) is 5.23. The number of nitrogens with two attached hydrogens (primary N) is 1. The Morgan fingerprint density at radius 1 is 1.11 bits per heavy atom. The summed E-state index contributed by atoms with van der Waals surface area (Å²) in [6.45, 7) is 2.58. The SMILES string of the molecule is Cc1cccc(OCc2ccc3c(c2)CCC3)c1N. The Morgan fingerprint density at radius 2 is 1.95 bits per heavy atom. The van der Waals surface area contributed by atoms with E-state index in [1.165, 1.54) is 36.0 Å². The third-order valence-electron chi connectivity index (χ3n) is 3.84. The molecule has 1 aliphatic carbocycles. The fourth-order valence-electron chi connectivity index (χ4n) is 2.66. The first-order valence-electron chi connectivity index (χ1n) is 6.82. The molecule has 0 aliphatic heterocycles. The predicted octanol–water partition coefficient (Wildman–Crippen LogP) is 3.64. The zero-order chi connectivity index (χ0) is 13.2. The van der Waals surface area contributed by atoms with Gasteiger partial charge in [-0.3, -0.25) is 0 Å². The molecule has 0 saturated heterocycles. The fourth-order valence-corrected chi connectivity index (χ4v) is 2.66. The zero-order valence-electron chi connectivity index (χ0n) is 11.3. The van der Waals surface area contributed by atoms with Crippen LogP contribution in [0.4, 0.5) is 5.69 Å². The molecule has 0 radical (unpaired) electrons. The molecule has 1 aliphatic rings. The molecule has 2 nitrogen and oxygen atoms in total. The first-order valence-corrected chi connectivity index (χ1v) is 6.82. The molecule has 0 fully saturated rings. The molecular formula is C17H19NO. The van der Waals surface area contributed by atoms with Gasteiger partial charge in [0.2, 0.25) is 0 Å². The van der Waals surface area contributed by atoms with Crippen LogP contribution in [0.15, 0.2) is 36.4 Å². The molecule has 0 spiro atoms. The summed E-state index contributed by atoms with van der Waals surface area (Å²) in [5.41, 5.74) is 12.0. The van der Waals surface area contributed by atoms with Gasteiger partial charge in [-0.25, -0.2) is 0 Å². The van der Waals surface area contributed by atoms with Crippen molar-refractivity contribution in [3.8, 4) is 5.75 Å². The van der Waals surface area contributed by atoms with Crippen LogP contribution < -0.4 is 10.5 Å². The van der Waals surface area contributed by atoms with E-state index in [0.29, 0.717) is 6.61 Å². The first-order chi connectivity index (χ1) is 9.24. The average Bonchev–Trinajstić information content (AvgIpc) is 2.88. The molecule has 2 aromatic carbocycles. The van der Waals surface area contributed by atoms with Gasteiger partial charge in [0.25, 0.3) is 0 Å². The lowest BCUT2D eigenvalue weighted by Crippen LogP contribution is -2.00. The number of aryl methyl sites for hydroxylation is 3. The Balaban J connectivity index is 1.74. The van der Waals surface area contributed by atoms with Gasteiger partial charge in [-0.05, 0) is 54.5 Å². The highest BCUT2D eigenvalue weighted by Gasteiger charge is 2.11. The minimum absolute atomic E-state index is 0.584. The van der Waals surface area contributed by atoms with Crippen LogP contribution >= 0.6 is 0 Å². The number of anilines is 1. The van der Waals surface area contributed by atoms with Gasteiger partial charge >= 0.3 is 0 Å². The Morgan fingerprint density at radius 3 is 2.84 bits per heavy atom. The van der Waals surface area contributed by atoms with Gasteiger partial charge in [0, 0.05) is 0 Å². The van der Waals surface area contributed by atoms with E-state index in [2.05, 4.69) is 18.2 Å². The molecule has 0 unspecified atom stereocenters. The molecule has 0 atom stereocenters. The fraction of sp³-hybridized carbons (Fsp3) is 0.294. The molecule has 19 heavy (non-hydrogen) atoms. The quantitative estimate of drug-likeness (QED) is 0.847. The van der Waals surface area contributed by atoms with Crippen LogP contribution in [0.2, 0.25) is 0 Å². The molecule has 0 amide bonds. The minimum Gasteiger partial charge on any atom is -0.487 e. The van der Waals surface area contributed by atoms with E-state index in [4.69, 9.17) is 10.5 Å². The summed E-state index contributed by atoms with van der Waals surface area (Å²) in [5, 5.41) is 0. The lowest BCUT2D eigenvalue weighted by Gasteiger charge is -2.11. The highest BCUT2D eigenvalue weighted by molar-refractivity contribution is 5.57. The molecule has 0 saturated carbocycles. The zero-order valence-corrected chi connectivity index (χ0v) is 11.3. The molecule has 0 aromatic heterocycles. The summed E-state index contributed by atoms with van der Waals surface area (Å²) >= 11 is 0. The number of rotatable bonds is 3. The third kappa shape index (κ3) is 2.43. The van der Waals surface area contributed by atoms with Gasteiger partial charge in [0.15, 0.2) is 0 Å². The minimum atomic E-state index is 0.584. The van der Waals surface area contributed by atoms with Crippen LogP contribution in [-0.2, 0) is 19.4 Å². The molecule has 3 rings (SSSR count). The number of para-hydroxylation sites is 1. The average molecular weight is 253 g/mol. The summed E-state index contributed by atoms with van der Waals surface area (Å²) in [6.07, 6.45) is 3.71. The molecule has 2 heteroatoms. The summed E-state index contributed by atoms with van der Waals surface area (Å²) in [6, 6.07) is 12.6. The maximum Gasteiger partial charge on any atom is 0.142 e. The molecule has 0 heterocycles. The Hall–Kier alpha value is -1.96. The van der Waals surface area contributed by atoms with Crippen LogP contribution in [0, 0.1) is 6.92 Å². The first kappa shape index (κ1) is 12.1. The van der Waals surface area contributed by atoms with Crippen molar-refractivity contribution in [3.05, 3.63) is 58.7 Å². The van der Waals surface area contributed by atoms with Crippen molar-refractivity contribution in [2.45, 2.75) is 32.8 Å². The molecule has 2 aromatic rings. The maximum atomic E-state index is 6.01. The van der Waals surface area contributed by atoms with E-state index in [1.807, 2.05) is 25.1 Å². The second-order valence-electron chi connectivity index (χ2n) is 5.23. The summed E-state index contributed by atoms with van der Waals surface area (Å²) in [7, 11) is 0. The number of hydrogen-bond acceptors (Lipinski definition) is 2. The van der Waals surface area contributed by atoms with Crippen molar-refractivity contribution in [2.24, 2.45) is 0 Å². The Bertz CT molecular complexity index is 604. The number of ether oxygens (including phenoxy) is 1. The Labute approximate surface area is 114 Å². The van der Waals surface area contributed by atoms with Crippen LogP contribution in [0.25, 0.3) is 0 Å². The predicted molar refractivity (Wildman–Crippen MR) is 78.4 cm³/mol. The van der Waals surface area contributed by atoms with Crippen molar-refractivity contribution in [1.82, 2.24) is 0 Å². The number of fused-ring (bicyclic) bond motifs is 1. The molecule has 98 valence electrons. The van der Waals surface area contributed by atoms with Gasteiger partial charge in [-0.1, -0.05) is 30.3 Å².